The van der Waals surface area contributed by atoms with E-state index in [0.717, 1.165) is 5.56 Å². The highest BCUT2D eigenvalue weighted by Gasteiger charge is 2.02. The van der Waals surface area contributed by atoms with E-state index in [-0.39, 0.29) is 5.69 Å². The van der Waals surface area contributed by atoms with Crippen LogP contribution in [-0.2, 0) is 0 Å². The number of nitrogens with zero attached hydrogens (tertiary/aromatic N) is 2. The number of carboxylic acids is 1. The van der Waals surface area contributed by atoms with Crippen LogP contribution >= 0.6 is 0 Å². The van der Waals surface area contributed by atoms with Gasteiger partial charge in [0.2, 0.25) is 0 Å². The quantitative estimate of drug-likeness (QED) is 0.613. The average Bonchev–Trinajstić information content (AvgIpc) is 1.88. The summed E-state index contributed by atoms with van der Waals surface area (Å²) in [7, 11) is 0. The van der Waals surface area contributed by atoms with Crippen molar-refractivity contribution in [1.82, 2.24) is 10.2 Å². The van der Waals surface area contributed by atoms with Crippen LogP contribution < -0.4 is 0 Å². The Morgan fingerprint density at radius 1 is 1.70 bits per heavy atom. The first-order valence-electron chi connectivity index (χ1n) is 2.73. The fourth-order valence-corrected chi connectivity index (χ4v) is 0.568. The first-order chi connectivity index (χ1) is 4.70. The van der Waals surface area contributed by atoms with E-state index in [1.807, 2.05) is 0 Å². The van der Waals surface area contributed by atoms with Gasteiger partial charge >= 0.3 is 5.97 Å². The molecule has 4 nitrogen and oxygen atoms in total. The molecular formula is C6H6N2O2. The van der Waals surface area contributed by atoms with Crippen molar-refractivity contribution in [2.24, 2.45) is 0 Å². The van der Waals surface area contributed by atoms with E-state index in [9.17, 15) is 4.79 Å². The van der Waals surface area contributed by atoms with Crippen LogP contribution in [0.3, 0.4) is 0 Å². The first kappa shape index (κ1) is 6.67. The fraction of sp³-hybridized carbons (Fsp3) is 0.167. The zero-order valence-electron chi connectivity index (χ0n) is 5.40. The van der Waals surface area contributed by atoms with Crippen LogP contribution in [-0.4, -0.2) is 21.3 Å². The number of aromatic nitrogens is 2. The molecule has 0 saturated carbocycles. The lowest BCUT2D eigenvalue weighted by Crippen LogP contribution is -2.01. The third-order valence-corrected chi connectivity index (χ3v) is 1.01. The van der Waals surface area contributed by atoms with Crippen LogP contribution in [0.15, 0.2) is 12.3 Å². The Bertz CT molecular complexity index is 260. The standard InChI is InChI=1S/C6H6N2O2/c1-4-2-5(6(9)10)8-7-3-4/h2-3H,1H3,(H,9,10). The van der Waals surface area contributed by atoms with E-state index >= 15 is 0 Å². The summed E-state index contributed by atoms with van der Waals surface area (Å²) >= 11 is 0. The maximum absolute atomic E-state index is 10.3. The topological polar surface area (TPSA) is 63.1 Å². The molecule has 0 aliphatic rings. The van der Waals surface area contributed by atoms with Gasteiger partial charge < -0.3 is 5.11 Å². The molecule has 0 aliphatic carbocycles. The van der Waals surface area contributed by atoms with E-state index in [0.29, 0.717) is 0 Å². The molecule has 0 radical (unpaired) electrons. The van der Waals surface area contributed by atoms with Crippen molar-refractivity contribution in [2.45, 2.75) is 6.92 Å². The Hall–Kier alpha value is -1.45. The second-order valence-corrected chi connectivity index (χ2v) is 1.92. The van der Waals surface area contributed by atoms with Crippen molar-refractivity contribution in [3.63, 3.8) is 0 Å². The lowest BCUT2D eigenvalue weighted by molar-refractivity contribution is 0.0689. The van der Waals surface area contributed by atoms with Gasteiger partial charge in [-0.1, -0.05) is 0 Å². The molecule has 0 saturated heterocycles. The Kier molecular flexibility index (Phi) is 1.62. The second-order valence-electron chi connectivity index (χ2n) is 1.92. The molecule has 1 aromatic heterocycles. The number of rotatable bonds is 1. The summed E-state index contributed by atoms with van der Waals surface area (Å²) < 4.78 is 0. The third-order valence-electron chi connectivity index (χ3n) is 1.01. The van der Waals surface area contributed by atoms with Gasteiger partial charge in [0.25, 0.3) is 0 Å². The van der Waals surface area contributed by atoms with Crippen molar-refractivity contribution >= 4 is 5.97 Å². The van der Waals surface area contributed by atoms with E-state index in [1.54, 1.807) is 6.92 Å². The van der Waals surface area contributed by atoms with Gasteiger partial charge in [0.1, 0.15) is 0 Å². The molecule has 1 heterocycles. The Balaban J connectivity index is 3.07. The highest BCUT2D eigenvalue weighted by atomic mass is 16.4. The second kappa shape index (κ2) is 2.43. The molecule has 10 heavy (non-hydrogen) atoms. The van der Waals surface area contributed by atoms with E-state index in [1.165, 1.54) is 12.3 Å². The largest absolute Gasteiger partial charge is 0.476 e. The summed E-state index contributed by atoms with van der Waals surface area (Å²) in [4.78, 5) is 10.3. The molecule has 0 aromatic carbocycles. The molecule has 52 valence electrons. The molecule has 0 amide bonds. The Morgan fingerprint density at radius 2 is 2.40 bits per heavy atom. The van der Waals surface area contributed by atoms with Crippen molar-refractivity contribution in [3.05, 3.63) is 23.5 Å². The van der Waals surface area contributed by atoms with Crippen molar-refractivity contribution in [1.29, 1.82) is 0 Å². The number of aromatic carboxylic acids is 1. The summed E-state index contributed by atoms with van der Waals surface area (Å²) in [5.74, 6) is -1.05. The maximum Gasteiger partial charge on any atom is 0.356 e. The summed E-state index contributed by atoms with van der Waals surface area (Å²) in [6, 6.07) is 1.47. The molecule has 0 spiro atoms. The predicted molar refractivity (Wildman–Crippen MR) is 33.7 cm³/mol. The Labute approximate surface area is 57.5 Å². The monoisotopic (exact) mass is 138 g/mol. The molecule has 0 bridgehead atoms. The van der Waals surface area contributed by atoms with Crippen LogP contribution in [0.5, 0.6) is 0 Å². The molecule has 0 unspecified atom stereocenters. The van der Waals surface area contributed by atoms with Crippen LogP contribution in [0.1, 0.15) is 16.1 Å². The van der Waals surface area contributed by atoms with Crippen LogP contribution in [0.25, 0.3) is 0 Å². The van der Waals surface area contributed by atoms with Crippen LogP contribution in [0.2, 0.25) is 0 Å². The van der Waals surface area contributed by atoms with Gasteiger partial charge in [0.05, 0.1) is 6.20 Å². The summed E-state index contributed by atoms with van der Waals surface area (Å²) in [6.45, 7) is 1.76. The van der Waals surface area contributed by atoms with Crippen molar-refractivity contribution in [3.8, 4) is 0 Å². The van der Waals surface area contributed by atoms with Crippen molar-refractivity contribution < 1.29 is 9.90 Å². The summed E-state index contributed by atoms with van der Waals surface area (Å²) in [5.41, 5.74) is 0.785. The lowest BCUT2D eigenvalue weighted by Gasteiger charge is -1.91. The van der Waals surface area contributed by atoms with Gasteiger partial charge in [-0.15, -0.1) is 5.10 Å². The minimum absolute atomic E-state index is 0.0139. The number of carboxylic acid groups (broad SMARTS) is 1. The van der Waals surface area contributed by atoms with Gasteiger partial charge in [-0.05, 0) is 18.6 Å². The summed E-state index contributed by atoms with van der Waals surface area (Å²) in [5, 5.41) is 15.3. The molecule has 0 atom stereocenters. The highest BCUT2D eigenvalue weighted by Crippen LogP contribution is 1.96. The molecule has 0 aliphatic heterocycles. The smallest absolute Gasteiger partial charge is 0.356 e. The molecule has 1 N–H and O–H groups in total. The highest BCUT2D eigenvalue weighted by molar-refractivity contribution is 5.85. The zero-order valence-corrected chi connectivity index (χ0v) is 5.40. The van der Waals surface area contributed by atoms with Gasteiger partial charge in [-0.2, -0.15) is 5.10 Å². The van der Waals surface area contributed by atoms with E-state index < -0.39 is 5.97 Å². The summed E-state index contributed by atoms with van der Waals surface area (Å²) in [6.07, 6.45) is 1.51. The third kappa shape index (κ3) is 1.28. The molecule has 4 heteroatoms. The SMILES string of the molecule is Cc1cnnc(C(=O)O)c1. The van der Waals surface area contributed by atoms with Gasteiger partial charge in [0, 0.05) is 0 Å². The molecule has 0 fully saturated rings. The average molecular weight is 138 g/mol. The molecular weight excluding hydrogens is 132 g/mol. The fourth-order valence-electron chi connectivity index (χ4n) is 0.568. The van der Waals surface area contributed by atoms with E-state index in [2.05, 4.69) is 10.2 Å². The van der Waals surface area contributed by atoms with Gasteiger partial charge in [-0.25, -0.2) is 4.79 Å². The Morgan fingerprint density at radius 3 is 2.80 bits per heavy atom. The predicted octanol–water partition coefficient (Wildman–Crippen LogP) is 0.483. The number of hydrogen-bond donors (Lipinski definition) is 1. The number of carbonyl (C=O) groups is 1. The minimum Gasteiger partial charge on any atom is -0.476 e. The van der Waals surface area contributed by atoms with E-state index in [4.69, 9.17) is 5.11 Å². The van der Waals surface area contributed by atoms with Gasteiger partial charge in [0.15, 0.2) is 5.69 Å². The normalized spacial score (nSPS) is 9.30. The van der Waals surface area contributed by atoms with Crippen LogP contribution in [0, 0.1) is 6.92 Å². The zero-order chi connectivity index (χ0) is 7.56. The van der Waals surface area contributed by atoms with Gasteiger partial charge in [-0.3, -0.25) is 0 Å². The number of aryl methyl sites for hydroxylation is 1. The maximum atomic E-state index is 10.3. The molecule has 1 rings (SSSR count). The molecule has 1 aromatic rings. The van der Waals surface area contributed by atoms with Crippen LogP contribution in [0.4, 0.5) is 0 Å². The number of hydrogen-bond acceptors (Lipinski definition) is 3. The first-order valence-corrected chi connectivity index (χ1v) is 2.73. The lowest BCUT2D eigenvalue weighted by atomic mass is 10.3. The van der Waals surface area contributed by atoms with Crippen molar-refractivity contribution in [2.75, 3.05) is 0 Å². The minimum atomic E-state index is -1.05.